The molecule has 0 amide bonds. The average Bonchev–Trinajstić information content (AvgIpc) is 3.34. The fourth-order valence-corrected chi connectivity index (χ4v) is 4.89. The maximum atomic E-state index is 12.8. The lowest BCUT2D eigenvalue weighted by Crippen LogP contribution is -2.46. The highest BCUT2D eigenvalue weighted by Crippen LogP contribution is 2.24. The van der Waals surface area contributed by atoms with Crippen LogP contribution in [0.4, 0.5) is 0 Å². The number of imidazole rings is 1. The van der Waals surface area contributed by atoms with Crippen molar-refractivity contribution in [2.75, 3.05) is 26.7 Å². The van der Waals surface area contributed by atoms with Gasteiger partial charge in [0.15, 0.2) is 11.6 Å². The molecule has 4 heterocycles. The minimum absolute atomic E-state index is 0.173. The van der Waals surface area contributed by atoms with E-state index in [1.807, 2.05) is 35.7 Å². The van der Waals surface area contributed by atoms with Crippen molar-refractivity contribution in [3.05, 3.63) is 88.6 Å². The fourth-order valence-electron chi connectivity index (χ4n) is 4.89. The number of hydrogen-bond acceptors (Lipinski definition) is 8. The van der Waals surface area contributed by atoms with Crippen molar-refractivity contribution in [2.24, 2.45) is 0 Å². The summed E-state index contributed by atoms with van der Waals surface area (Å²) in [6, 6.07) is 16.6. The highest BCUT2D eigenvalue weighted by molar-refractivity contribution is 5.81. The monoisotopic (exact) mass is 521 g/mol. The van der Waals surface area contributed by atoms with E-state index in [1.165, 1.54) is 6.07 Å². The van der Waals surface area contributed by atoms with Gasteiger partial charge in [-0.3, -0.25) is 13.8 Å². The van der Waals surface area contributed by atoms with Crippen LogP contribution in [0.3, 0.4) is 0 Å². The van der Waals surface area contributed by atoms with Crippen molar-refractivity contribution in [3.63, 3.8) is 0 Å². The summed E-state index contributed by atoms with van der Waals surface area (Å²) in [5.41, 5.74) is 2.70. The fraction of sp³-hybridized carbons (Fsp3) is 0.276. The number of fused-ring (bicyclic) bond motifs is 3. The van der Waals surface area contributed by atoms with Crippen molar-refractivity contribution in [2.45, 2.75) is 25.0 Å². The molecule has 39 heavy (non-hydrogen) atoms. The molecule has 1 fully saturated rings. The van der Waals surface area contributed by atoms with Gasteiger partial charge in [0.1, 0.15) is 12.2 Å². The van der Waals surface area contributed by atoms with Gasteiger partial charge in [-0.2, -0.15) is 5.26 Å². The van der Waals surface area contributed by atoms with E-state index in [0.717, 1.165) is 29.7 Å². The standard InChI is InChI=1S/C29H27N7O3/c1-34-11-8-29(38,9-12-34)19-39-23-16-31-27(32-17-23)22-4-2-3-21(13-22)18-36-26(37)7-10-35-25-14-20(15-30)5-6-24(25)33-28(35)36/h2-7,10,13-14,16-17,38H,8-9,11-12,18-19H2,1H3. The lowest BCUT2D eigenvalue weighted by Gasteiger charge is -2.36. The molecule has 0 saturated carbocycles. The third-order valence-electron chi connectivity index (χ3n) is 7.25. The molecule has 196 valence electrons. The van der Waals surface area contributed by atoms with Crippen LogP contribution in [0.2, 0.25) is 0 Å². The number of benzene rings is 2. The van der Waals surface area contributed by atoms with Gasteiger partial charge in [0.25, 0.3) is 5.56 Å². The molecule has 5 aromatic rings. The minimum Gasteiger partial charge on any atom is -0.487 e. The number of hydrogen-bond donors (Lipinski definition) is 1. The van der Waals surface area contributed by atoms with E-state index in [1.54, 1.807) is 41.4 Å². The number of nitrogens with zero attached hydrogens (tertiary/aromatic N) is 7. The summed E-state index contributed by atoms with van der Waals surface area (Å²) < 4.78 is 9.24. The molecule has 0 bridgehead atoms. The van der Waals surface area contributed by atoms with Crippen molar-refractivity contribution in [1.82, 2.24) is 28.8 Å². The molecule has 0 aliphatic carbocycles. The Morgan fingerprint density at radius 3 is 2.67 bits per heavy atom. The van der Waals surface area contributed by atoms with Gasteiger partial charge in [0, 0.05) is 30.9 Å². The average molecular weight is 522 g/mol. The van der Waals surface area contributed by atoms with E-state index in [2.05, 4.69) is 25.9 Å². The van der Waals surface area contributed by atoms with Crippen LogP contribution in [0, 0.1) is 11.3 Å². The predicted octanol–water partition coefficient (Wildman–Crippen LogP) is 2.86. The highest BCUT2D eigenvalue weighted by Gasteiger charge is 2.32. The molecule has 0 spiro atoms. The van der Waals surface area contributed by atoms with Gasteiger partial charge in [-0.15, -0.1) is 0 Å². The molecule has 0 unspecified atom stereocenters. The van der Waals surface area contributed by atoms with Gasteiger partial charge in [0.05, 0.1) is 41.6 Å². The van der Waals surface area contributed by atoms with Gasteiger partial charge in [-0.1, -0.05) is 18.2 Å². The Hall–Kier alpha value is -4.59. The second kappa shape index (κ2) is 9.94. The third kappa shape index (κ3) is 4.97. The summed E-state index contributed by atoms with van der Waals surface area (Å²) in [6.45, 7) is 2.19. The lowest BCUT2D eigenvalue weighted by atomic mass is 9.93. The Labute approximate surface area is 224 Å². The van der Waals surface area contributed by atoms with Crippen molar-refractivity contribution >= 4 is 16.8 Å². The van der Waals surface area contributed by atoms with Gasteiger partial charge >= 0.3 is 0 Å². The smallest absolute Gasteiger partial charge is 0.255 e. The molecular weight excluding hydrogens is 494 g/mol. The SMILES string of the molecule is CN1CCC(O)(COc2cnc(-c3cccc(Cn4c(=O)ccn5c6cc(C#N)ccc6nc45)c3)nc2)CC1. The molecule has 0 atom stereocenters. The van der Waals surface area contributed by atoms with Gasteiger partial charge < -0.3 is 14.7 Å². The molecule has 10 heteroatoms. The zero-order valence-electron chi connectivity index (χ0n) is 21.5. The Morgan fingerprint density at radius 1 is 1.10 bits per heavy atom. The summed E-state index contributed by atoms with van der Waals surface area (Å²) >= 11 is 0. The van der Waals surface area contributed by atoms with E-state index in [9.17, 15) is 15.2 Å². The van der Waals surface area contributed by atoms with Crippen LogP contribution in [0.1, 0.15) is 24.0 Å². The number of aromatic nitrogens is 5. The molecule has 1 saturated heterocycles. The first kappa shape index (κ1) is 24.7. The van der Waals surface area contributed by atoms with E-state index in [0.29, 0.717) is 47.8 Å². The van der Waals surface area contributed by atoms with Crippen molar-refractivity contribution in [1.29, 1.82) is 5.26 Å². The molecule has 1 N–H and O–H groups in total. The maximum absolute atomic E-state index is 12.8. The molecule has 0 radical (unpaired) electrons. The number of likely N-dealkylation sites (tertiary alicyclic amines) is 1. The predicted molar refractivity (Wildman–Crippen MR) is 145 cm³/mol. The lowest BCUT2D eigenvalue weighted by molar-refractivity contribution is -0.0484. The Balaban J connectivity index is 1.22. The van der Waals surface area contributed by atoms with Crippen LogP contribution in [-0.4, -0.2) is 66.3 Å². The molecule has 2 aromatic carbocycles. The van der Waals surface area contributed by atoms with Crippen LogP contribution in [0.5, 0.6) is 5.75 Å². The number of piperidine rings is 1. The number of nitriles is 1. The molecule has 1 aliphatic heterocycles. The van der Waals surface area contributed by atoms with E-state index in [4.69, 9.17) is 4.74 Å². The van der Waals surface area contributed by atoms with Crippen LogP contribution >= 0.6 is 0 Å². The van der Waals surface area contributed by atoms with Crippen LogP contribution in [0.15, 0.2) is 71.9 Å². The van der Waals surface area contributed by atoms with Crippen molar-refractivity contribution in [3.8, 4) is 23.2 Å². The second-order valence-electron chi connectivity index (χ2n) is 10.1. The van der Waals surface area contributed by atoms with Crippen LogP contribution in [0.25, 0.3) is 28.2 Å². The summed E-state index contributed by atoms with van der Waals surface area (Å²) in [5, 5.41) is 20.0. The zero-order valence-corrected chi connectivity index (χ0v) is 21.5. The first-order valence-electron chi connectivity index (χ1n) is 12.8. The van der Waals surface area contributed by atoms with E-state index in [-0.39, 0.29) is 12.2 Å². The Bertz CT molecular complexity index is 1760. The molecule has 6 rings (SSSR count). The van der Waals surface area contributed by atoms with Gasteiger partial charge in [-0.05, 0) is 49.7 Å². The first-order chi connectivity index (χ1) is 18.9. The molecule has 3 aromatic heterocycles. The van der Waals surface area contributed by atoms with Crippen molar-refractivity contribution < 1.29 is 9.84 Å². The molecule has 1 aliphatic rings. The zero-order chi connectivity index (χ0) is 27.0. The minimum atomic E-state index is -0.834. The normalized spacial score (nSPS) is 15.4. The number of aliphatic hydroxyl groups is 1. The molecule has 10 nitrogen and oxygen atoms in total. The van der Waals surface area contributed by atoms with E-state index >= 15 is 0 Å². The first-order valence-corrected chi connectivity index (χ1v) is 12.8. The van der Waals surface area contributed by atoms with E-state index < -0.39 is 5.60 Å². The Kier molecular flexibility index (Phi) is 6.30. The summed E-state index contributed by atoms with van der Waals surface area (Å²) in [4.78, 5) is 28.6. The maximum Gasteiger partial charge on any atom is 0.255 e. The number of rotatable bonds is 6. The Morgan fingerprint density at radius 2 is 1.90 bits per heavy atom. The third-order valence-corrected chi connectivity index (χ3v) is 7.25. The quantitative estimate of drug-likeness (QED) is 0.362. The largest absolute Gasteiger partial charge is 0.487 e. The molecular formula is C29H27N7O3. The summed E-state index contributed by atoms with van der Waals surface area (Å²) in [6.07, 6.45) is 6.25. The van der Waals surface area contributed by atoms with Gasteiger partial charge in [0.2, 0.25) is 5.78 Å². The van der Waals surface area contributed by atoms with Gasteiger partial charge in [-0.25, -0.2) is 15.0 Å². The topological polar surface area (TPSA) is 122 Å². The van der Waals surface area contributed by atoms with Crippen LogP contribution < -0.4 is 10.3 Å². The van der Waals surface area contributed by atoms with Crippen LogP contribution in [-0.2, 0) is 6.54 Å². The summed E-state index contributed by atoms with van der Waals surface area (Å²) in [7, 11) is 2.05. The highest BCUT2D eigenvalue weighted by atomic mass is 16.5. The number of ether oxygens (including phenoxy) is 1. The summed E-state index contributed by atoms with van der Waals surface area (Å²) in [5.74, 6) is 1.54. The second-order valence-corrected chi connectivity index (χ2v) is 10.1.